The van der Waals surface area contributed by atoms with Crippen LogP contribution in [0.25, 0.3) is 0 Å². The molecular weight excluding hydrogens is 381 g/mol. The van der Waals surface area contributed by atoms with Gasteiger partial charge >= 0.3 is 86.7 Å². The molecule has 0 unspecified atom stereocenters. The summed E-state index contributed by atoms with van der Waals surface area (Å²) in [5.74, 6) is -0.0833. The van der Waals surface area contributed by atoms with Crippen LogP contribution in [0.15, 0.2) is 0 Å². The van der Waals surface area contributed by atoms with Gasteiger partial charge in [0.2, 0.25) is 0 Å². The fraction of sp³-hybridized carbons (Fsp3) is 0.200. The molecule has 10 heavy (non-hydrogen) atoms. The summed E-state index contributed by atoms with van der Waals surface area (Å²) in [6.07, 6.45) is 0. The van der Waals surface area contributed by atoms with Crippen molar-refractivity contribution in [2.75, 3.05) is 0 Å². The van der Waals surface area contributed by atoms with Gasteiger partial charge in [-0.05, 0) is 12.7 Å². The molecule has 0 aromatic carbocycles. The van der Waals surface area contributed by atoms with Crippen molar-refractivity contribution in [1.82, 2.24) is 0 Å². The predicted molar refractivity (Wildman–Crippen MR) is 38.5 cm³/mol. The van der Waals surface area contributed by atoms with Crippen LogP contribution in [0, 0.1) is 20.8 Å². The first-order valence-corrected chi connectivity index (χ1v) is 7.43. The molecule has 0 aromatic rings. The smallest absolute Gasteiger partial charge is 1.00 e. The van der Waals surface area contributed by atoms with Gasteiger partial charge in [-0.15, -0.1) is 0 Å². The molecule has 0 aliphatic carbocycles. The summed E-state index contributed by atoms with van der Waals surface area (Å²) in [4.78, 5) is 9.33. The van der Waals surface area contributed by atoms with Crippen molar-refractivity contribution in [2.24, 2.45) is 0 Å². The Bertz CT molecular complexity index is 50.9. The monoisotopic (exact) mass is 389 g/mol. The van der Waals surface area contributed by atoms with Crippen molar-refractivity contribution >= 4 is 24.6 Å². The molecule has 5 heteroatoms. The van der Waals surface area contributed by atoms with E-state index in [9.17, 15) is 4.79 Å². The van der Waals surface area contributed by atoms with E-state index >= 15 is 0 Å². The summed E-state index contributed by atoms with van der Waals surface area (Å²) >= 11 is -0.472. The number of ketones is 1. The van der Waals surface area contributed by atoms with Gasteiger partial charge in [0.25, 0.3) is 0 Å². The van der Waals surface area contributed by atoms with Crippen molar-refractivity contribution in [2.45, 2.75) is 6.92 Å². The molecule has 0 atom stereocenters. The Morgan fingerprint density at radius 3 is 1.50 bits per heavy atom. The van der Waals surface area contributed by atoms with Gasteiger partial charge in [0, 0.05) is 0 Å². The number of Topliss-reactive ketones (excluding diaryl/α,β-unsaturated/α-hetero) is 1. The van der Waals surface area contributed by atoms with Crippen LogP contribution in [0.2, 0.25) is 0 Å². The fourth-order valence-electron chi connectivity index (χ4n) is 0. The average Bonchev–Trinajstić information content (AvgIpc) is 1.71. The Labute approximate surface area is 122 Å². The van der Waals surface area contributed by atoms with Gasteiger partial charge in [-0.1, -0.05) is 13.8 Å². The Kier molecular flexibility index (Phi) is 68.7. The van der Waals surface area contributed by atoms with Gasteiger partial charge in [0.05, 0.1) is 0 Å². The number of carbonyl (C=O) groups is 1. The number of carbonyl (C=O) groups excluding carboxylic acids is 1. The number of halogens is 2. The SMILES string of the molecule is [CH2-]C(C)=O.[CH2][CH2].[Cl][Pt][Cl].[K+]. The van der Waals surface area contributed by atoms with E-state index < -0.39 is 16.5 Å². The van der Waals surface area contributed by atoms with Crippen LogP contribution in [-0.4, -0.2) is 5.78 Å². The topological polar surface area (TPSA) is 17.1 Å². The fourth-order valence-corrected chi connectivity index (χ4v) is 0. The van der Waals surface area contributed by atoms with Crippen LogP contribution in [0.3, 0.4) is 0 Å². The molecule has 1 nitrogen and oxygen atoms in total. The van der Waals surface area contributed by atoms with Gasteiger partial charge in [-0.2, -0.15) is 0 Å². The van der Waals surface area contributed by atoms with Gasteiger partial charge in [-0.3, -0.25) is 0 Å². The zero-order chi connectivity index (χ0) is 8.28. The van der Waals surface area contributed by atoms with Gasteiger partial charge in [0.15, 0.2) is 0 Å². The van der Waals surface area contributed by atoms with Gasteiger partial charge < -0.3 is 11.7 Å². The van der Waals surface area contributed by atoms with Crippen molar-refractivity contribution in [3.8, 4) is 0 Å². The first kappa shape index (κ1) is 22.9. The zero-order valence-electron chi connectivity index (χ0n) is 6.10. The molecule has 0 amide bonds. The molecule has 0 aliphatic rings. The number of rotatable bonds is 0. The molecule has 0 rings (SSSR count). The number of hydrogen-bond acceptors (Lipinski definition) is 1. The maximum Gasteiger partial charge on any atom is 1.00 e. The molecule has 0 spiro atoms. The summed E-state index contributed by atoms with van der Waals surface area (Å²) in [5.41, 5.74) is 0. The normalized spacial score (nSPS) is 5.30. The van der Waals surface area contributed by atoms with Crippen LogP contribution in [-0.2, 0) is 21.3 Å². The minimum atomic E-state index is -0.472. The van der Waals surface area contributed by atoms with E-state index in [1.165, 1.54) is 6.92 Å². The minimum Gasteiger partial charge on any atom is 1.00 e. The van der Waals surface area contributed by atoms with Crippen LogP contribution < -0.4 is 51.4 Å². The predicted octanol–water partition coefficient (Wildman–Crippen LogP) is -0.555. The van der Waals surface area contributed by atoms with E-state index in [1.807, 2.05) is 0 Å². The van der Waals surface area contributed by atoms with Crippen molar-refractivity contribution < 1.29 is 72.7 Å². The summed E-state index contributed by atoms with van der Waals surface area (Å²) in [7, 11) is 9.75. The van der Waals surface area contributed by atoms with E-state index in [0.29, 0.717) is 0 Å². The van der Waals surface area contributed by atoms with E-state index in [1.54, 1.807) is 0 Å². The summed E-state index contributed by atoms with van der Waals surface area (Å²) in [6, 6.07) is 0. The van der Waals surface area contributed by atoms with Crippen LogP contribution in [0.1, 0.15) is 6.92 Å². The molecular formula is C5H9Cl2KOPt. The van der Waals surface area contributed by atoms with Crippen molar-refractivity contribution in [3.63, 3.8) is 0 Å². The second kappa shape index (κ2) is 30.1. The van der Waals surface area contributed by atoms with Gasteiger partial charge in [0.1, 0.15) is 0 Å². The molecule has 0 bridgehead atoms. The quantitative estimate of drug-likeness (QED) is 0.401. The number of hydrogen-bond donors (Lipinski definition) is 0. The largest absolute Gasteiger partial charge is 1.00 e. The Hall–Kier alpha value is 2.44. The third-order valence-electron chi connectivity index (χ3n) is 0. The van der Waals surface area contributed by atoms with Crippen LogP contribution in [0.4, 0.5) is 0 Å². The van der Waals surface area contributed by atoms with Crippen molar-refractivity contribution in [1.29, 1.82) is 0 Å². The molecule has 2 radical (unpaired) electrons. The molecule has 0 fully saturated rings. The second-order valence-electron chi connectivity index (χ2n) is 0.747. The van der Waals surface area contributed by atoms with E-state index in [2.05, 4.69) is 20.8 Å². The summed E-state index contributed by atoms with van der Waals surface area (Å²) in [6.45, 7) is 10.4. The summed E-state index contributed by atoms with van der Waals surface area (Å²) < 4.78 is 0. The molecule has 0 heterocycles. The van der Waals surface area contributed by atoms with Crippen LogP contribution >= 0.6 is 18.8 Å². The first-order chi connectivity index (χ1) is 4.15. The minimum absolute atomic E-state index is 0. The zero-order valence-corrected chi connectivity index (χ0v) is 13.0. The standard InChI is InChI=1S/C3H5O.C2H4.2ClH.K.Pt/c1-3(2)4;1-2;;;;/h1H2,2H3;1-2H2;2*1H;;/q-1;;;;+1;+2/p-2. The van der Waals surface area contributed by atoms with E-state index in [-0.39, 0.29) is 57.2 Å². The second-order valence-corrected chi connectivity index (χ2v) is 4.03. The first-order valence-electron chi connectivity index (χ1n) is 1.80. The third-order valence-corrected chi connectivity index (χ3v) is 0. The van der Waals surface area contributed by atoms with Gasteiger partial charge in [-0.25, -0.2) is 0 Å². The maximum absolute atomic E-state index is 9.33. The summed E-state index contributed by atoms with van der Waals surface area (Å²) in [5, 5.41) is 0. The molecule has 60 valence electrons. The van der Waals surface area contributed by atoms with E-state index in [0.717, 1.165) is 0 Å². The Morgan fingerprint density at radius 2 is 1.50 bits per heavy atom. The average molecular weight is 390 g/mol. The van der Waals surface area contributed by atoms with Crippen LogP contribution in [0.5, 0.6) is 0 Å². The molecule has 0 saturated carbocycles. The molecule has 0 N–H and O–H groups in total. The molecule has 0 aromatic heterocycles. The third kappa shape index (κ3) is 156. The van der Waals surface area contributed by atoms with Crippen molar-refractivity contribution in [3.05, 3.63) is 20.8 Å². The molecule has 0 saturated heterocycles. The molecule has 0 aliphatic heterocycles. The Morgan fingerprint density at radius 1 is 1.50 bits per heavy atom. The maximum atomic E-state index is 9.33. The Balaban J connectivity index is -0.0000000273. The van der Waals surface area contributed by atoms with E-state index in [4.69, 9.17) is 18.8 Å².